The summed E-state index contributed by atoms with van der Waals surface area (Å²) in [6, 6.07) is 4.39. The molecule has 1 fully saturated rings. The van der Waals surface area contributed by atoms with E-state index in [0.717, 1.165) is 45.1 Å². The van der Waals surface area contributed by atoms with Crippen molar-refractivity contribution in [3.8, 4) is 0 Å². The fourth-order valence-electron chi connectivity index (χ4n) is 3.43. The highest BCUT2D eigenvalue weighted by Gasteiger charge is 2.20. The number of guanidine groups is 1. The van der Waals surface area contributed by atoms with Gasteiger partial charge in [0.1, 0.15) is 0 Å². The molecule has 3 heterocycles. The summed E-state index contributed by atoms with van der Waals surface area (Å²) in [5.74, 6) is 1.58. The molecule has 1 unspecified atom stereocenters. The molecule has 3 rings (SSSR count). The molecule has 1 saturated heterocycles. The standard InChI is InChI=1S/C20H31N5S2/c1-3-21-20(22-9-8-19-23-12-16(2)27-19)24-13-17-6-4-10-25(14-17)15-18-7-5-11-26-18/h5,7,11-12,17H,3-4,6,8-10,13-15H2,1-2H3,(H2,21,22,24). The van der Waals surface area contributed by atoms with Crippen LogP contribution in [0.15, 0.2) is 28.7 Å². The first-order valence-electron chi connectivity index (χ1n) is 9.91. The van der Waals surface area contributed by atoms with Crippen LogP contribution in [0.25, 0.3) is 0 Å². The number of hydrogen-bond donors (Lipinski definition) is 2. The molecule has 0 spiro atoms. The monoisotopic (exact) mass is 405 g/mol. The Morgan fingerprint density at radius 2 is 2.33 bits per heavy atom. The van der Waals surface area contributed by atoms with Crippen molar-refractivity contribution in [2.45, 2.75) is 39.7 Å². The van der Waals surface area contributed by atoms with Crippen LogP contribution < -0.4 is 10.6 Å². The third-order valence-corrected chi connectivity index (χ3v) is 6.55. The molecule has 1 aliphatic rings. The second-order valence-electron chi connectivity index (χ2n) is 7.08. The lowest BCUT2D eigenvalue weighted by Crippen LogP contribution is -2.40. The molecule has 2 aromatic heterocycles. The van der Waals surface area contributed by atoms with Crippen LogP contribution >= 0.6 is 22.7 Å². The fraction of sp³-hybridized carbons (Fsp3) is 0.600. The maximum absolute atomic E-state index is 4.86. The minimum absolute atomic E-state index is 0.649. The van der Waals surface area contributed by atoms with Gasteiger partial charge in [0.05, 0.1) is 5.01 Å². The van der Waals surface area contributed by atoms with E-state index in [9.17, 15) is 0 Å². The molecule has 7 heteroatoms. The van der Waals surface area contributed by atoms with Crippen molar-refractivity contribution in [3.63, 3.8) is 0 Å². The zero-order valence-electron chi connectivity index (χ0n) is 16.4. The number of piperidine rings is 1. The molecule has 5 nitrogen and oxygen atoms in total. The molecule has 0 aromatic carbocycles. The average Bonchev–Trinajstić information content (AvgIpc) is 3.32. The Morgan fingerprint density at radius 1 is 1.41 bits per heavy atom. The molecule has 0 bridgehead atoms. The van der Waals surface area contributed by atoms with E-state index in [1.807, 2.05) is 17.5 Å². The number of likely N-dealkylation sites (tertiary alicyclic amines) is 1. The molecule has 0 amide bonds. The molecule has 0 aliphatic carbocycles. The summed E-state index contributed by atoms with van der Waals surface area (Å²) in [5, 5.41) is 10.2. The first-order valence-corrected chi connectivity index (χ1v) is 11.6. The van der Waals surface area contributed by atoms with Crippen LogP contribution in [0.5, 0.6) is 0 Å². The Hall–Kier alpha value is -1.44. The van der Waals surface area contributed by atoms with Gasteiger partial charge in [0.15, 0.2) is 5.96 Å². The topological polar surface area (TPSA) is 52.6 Å². The number of thiazole rings is 1. The molecule has 0 radical (unpaired) electrons. The first kappa shape index (κ1) is 20.3. The van der Waals surface area contributed by atoms with Crippen molar-refractivity contribution in [1.82, 2.24) is 20.5 Å². The number of nitrogens with zero attached hydrogens (tertiary/aromatic N) is 3. The van der Waals surface area contributed by atoms with E-state index < -0.39 is 0 Å². The SMILES string of the molecule is CCNC(=NCC1CCCN(Cc2cccs2)C1)NCCc1ncc(C)s1. The molecule has 1 atom stereocenters. The summed E-state index contributed by atoms with van der Waals surface area (Å²) < 4.78 is 0. The summed E-state index contributed by atoms with van der Waals surface area (Å²) in [6.45, 7) is 10.3. The Balaban J connectivity index is 1.45. The van der Waals surface area contributed by atoms with Gasteiger partial charge in [-0.25, -0.2) is 4.98 Å². The zero-order valence-corrected chi connectivity index (χ0v) is 18.0. The predicted molar refractivity (Wildman–Crippen MR) is 117 cm³/mol. The third-order valence-electron chi connectivity index (χ3n) is 4.71. The second kappa shape index (κ2) is 10.8. The van der Waals surface area contributed by atoms with E-state index >= 15 is 0 Å². The number of nitrogens with one attached hydrogen (secondary N) is 2. The normalized spacial score (nSPS) is 18.6. The Labute approximate surface area is 170 Å². The van der Waals surface area contributed by atoms with E-state index in [1.165, 1.54) is 34.1 Å². The van der Waals surface area contributed by atoms with Crippen LogP contribution in [-0.4, -0.2) is 48.6 Å². The van der Waals surface area contributed by atoms with Gasteiger partial charge in [-0.05, 0) is 50.6 Å². The molecular weight excluding hydrogens is 374 g/mol. The molecule has 2 aromatic rings. The molecule has 1 aliphatic heterocycles. The number of hydrogen-bond acceptors (Lipinski definition) is 5. The Kier molecular flexibility index (Phi) is 8.10. The van der Waals surface area contributed by atoms with E-state index in [-0.39, 0.29) is 0 Å². The fourth-order valence-corrected chi connectivity index (χ4v) is 4.97. The summed E-state index contributed by atoms with van der Waals surface area (Å²) in [7, 11) is 0. The number of rotatable bonds is 8. The van der Waals surface area contributed by atoms with Crippen molar-refractivity contribution in [2.75, 3.05) is 32.7 Å². The Bertz CT molecular complexity index is 695. The molecule has 27 heavy (non-hydrogen) atoms. The highest BCUT2D eigenvalue weighted by molar-refractivity contribution is 7.11. The van der Waals surface area contributed by atoms with Crippen LogP contribution in [0.1, 0.15) is 34.5 Å². The van der Waals surface area contributed by atoms with Gasteiger partial charge in [-0.2, -0.15) is 0 Å². The van der Waals surface area contributed by atoms with Gasteiger partial charge in [0, 0.05) is 55.1 Å². The lowest BCUT2D eigenvalue weighted by Gasteiger charge is -2.31. The van der Waals surface area contributed by atoms with Crippen molar-refractivity contribution in [3.05, 3.63) is 38.5 Å². The molecule has 0 saturated carbocycles. The second-order valence-corrected chi connectivity index (χ2v) is 9.44. The van der Waals surface area contributed by atoms with Crippen LogP contribution in [-0.2, 0) is 13.0 Å². The van der Waals surface area contributed by atoms with E-state index in [1.54, 1.807) is 11.3 Å². The summed E-state index contributed by atoms with van der Waals surface area (Å²) in [4.78, 5) is 14.6. The average molecular weight is 406 g/mol. The van der Waals surface area contributed by atoms with Gasteiger partial charge in [-0.3, -0.25) is 9.89 Å². The van der Waals surface area contributed by atoms with Crippen molar-refractivity contribution in [2.24, 2.45) is 10.9 Å². The van der Waals surface area contributed by atoms with Gasteiger partial charge in [0.25, 0.3) is 0 Å². The lowest BCUT2D eigenvalue weighted by atomic mass is 9.98. The van der Waals surface area contributed by atoms with Gasteiger partial charge in [-0.15, -0.1) is 22.7 Å². The van der Waals surface area contributed by atoms with Crippen LogP contribution in [0.2, 0.25) is 0 Å². The predicted octanol–water partition coefficient (Wildman–Crippen LogP) is 3.52. The van der Waals surface area contributed by atoms with Gasteiger partial charge in [0.2, 0.25) is 0 Å². The first-order chi connectivity index (χ1) is 13.2. The maximum atomic E-state index is 4.86. The molecular formula is C20H31N5S2. The van der Waals surface area contributed by atoms with Gasteiger partial charge in [-0.1, -0.05) is 6.07 Å². The molecule has 148 valence electrons. The summed E-state index contributed by atoms with van der Waals surface area (Å²) in [6.07, 6.45) is 5.45. The zero-order chi connectivity index (χ0) is 18.9. The van der Waals surface area contributed by atoms with Gasteiger partial charge < -0.3 is 10.6 Å². The maximum Gasteiger partial charge on any atom is 0.191 e. The smallest absolute Gasteiger partial charge is 0.191 e. The third kappa shape index (κ3) is 6.90. The minimum atomic E-state index is 0.649. The Morgan fingerprint density at radius 3 is 3.07 bits per heavy atom. The highest BCUT2D eigenvalue weighted by atomic mass is 32.1. The minimum Gasteiger partial charge on any atom is -0.357 e. The highest BCUT2D eigenvalue weighted by Crippen LogP contribution is 2.20. The summed E-state index contributed by atoms with van der Waals surface area (Å²) in [5.41, 5.74) is 0. The largest absolute Gasteiger partial charge is 0.357 e. The number of aryl methyl sites for hydroxylation is 1. The van der Waals surface area contributed by atoms with E-state index in [2.05, 4.69) is 51.9 Å². The van der Waals surface area contributed by atoms with E-state index in [4.69, 9.17) is 4.99 Å². The number of thiophene rings is 1. The lowest BCUT2D eigenvalue weighted by molar-refractivity contribution is 0.172. The van der Waals surface area contributed by atoms with Crippen molar-refractivity contribution >= 4 is 28.6 Å². The summed E-state index contributed by atoms with van der Waals surface area (Å²) >= 11 is 3.63. The van der Waals surface area contributed by atoms with Gasteiger partial charge >= 0.3 is 0 Å². The number of aromatic nitrogens is 1. The quantitative estimate of drug-likeness (QED) is 0.521. The van der Waals surface area contributed by atoms with Crippen LogP contribution in [0, 0.1) is 12.8 Å². The molecule has 2 N–H and O–H groups in total. The van der Waals surface area contributed by atoms with Crippen molar-refractivity contribution in [1.29, 1.82) is 0 Å². The van der Waals surface area contributed by atoms with Crippen LogP contribution in [0.4, 0.5) is 0 Å². The van der Waals surface area contributed by atoms with E-state index in [0.29, 0.717) is 5.92 Å². The van der Waals surface area contributed by atoms with Crippen molar-refractivity contribution < 1.29 is 0 Å². The number of aliphatic imine (C=N–C) groups is 1. The van der Waals surface area contributed by atoms with Crippen LogP contribution in [0.3, 0.4) is 0 Å².